The minimum atomic E-state index is 0.164. The maximum absolute atomic E-state index is 11.6. The van der Waals surface area contributed by atoms with Crippen molar-refractivity contribution in [3.05, 3.63) is 0 Å². The van der Waals surface area contributed by atoms with Crippen molar-refractivity contribution in [2.75, 3.05) is 19.7 Å². The third-order valence-corrected chi connectivity index (χ3v) is 3.02. The number of carbonyl (C=O) groups is 1. The first-order chi connectivity index (χ1) is 7.24. The van der Waals surface area contributed by atoms with Gasteiger partial charge in [0.25, 0.3) is 0 Å². The number of hydrogen-bond donors (Lipinski definition) is 1. The van der Waals surface area contributed by atoms with Crippen molar-refractivity contribution in [2.24, 2.45) is 5.92 Å². The van der Waals surface area contributed by atoms with Gasteiger partial charge in [-0.2, -0.15) is 0 Å². The molecule has 0 aromatic carbocycles. The largest absolute Gasteiger partial charge is 0.370 e. The number of piperidine rings is 1. The smallest absolute Gasteiger partial charge is 0.161 e. The van der Waals surface area contributed by atoms with Crippen LogP contribution in [0.4, 0.5) is 0 Å². The lowest BCUT2D eigenvalue weighted by Gasteiger charge is -2.23. The van der Waals surface area contributed by atoms with Gasteiger partial charge in [-0.15, -0.1) is 0 Å². The fourth-order valence-electron chi connectivity index (χ4n) is 1.90. The van der Waals surface area contributed by atoms with Crippen molar-refractivity contribution in [3.63, 3.8) is 0 Å². The lowest BCUT2D eigenvalue weighted by molar-refractivity contribution is -0.129. The van der Waals surface area contributed by atoms with Crippen molar-refractivity contribution in [1.82, 2.24) is 5.32 Å². The van der Waals surface area contributed by atoms with Gasteiger partial charge in [0.15, 0.2) is 5.78 Å². The zero-order valence-corrected chi connectivity index (χ0v) is 9.92. The van der Waals surface area contributed by atoms with E-state index in [4.69, 9.17) is 4.74 Å². The summed E-state index contributed by atoms with van der Waals surface area (Å²) in [6.07, 6.45) is 4.42. The number of nitrogens with one attached hydrogen (secondary N) is 1. The van der Waals surface area contributed by atoms with Crippen LogP contribution in [-0.2, 0) is 9.53 Å². The Bertz CT molecular complexity index is 188. The summed E-state index contributed by atoms with van der Waals surface area (Å²) in [6, 6.07) is 0. The maximum atomic E-state index is 11.6. The molecule has 1 atom stereocenters. The SMILES string of the molecule is CCCC(C)C(=O)COC1CCNCC1. The fraction of sp³-hybridized carbons (Fsp3) is 0.917. The van der Waals surface area contributed by atoms with Crippen molar-refractivity contribution in [3.8, 4) is 0 Å². The molecule has 1 aliphatic heterocycles. The van der Waals surface area contributed by atoms with E-state index >= 15 is 0 Å². The van der Waals surface area contributed by atoms with Gasteiger partial charge in [0.2, 0.25) is 0 Å². The molecule has 1 saturated heterocycles. The Morgan fingerprint density at radius 1 is 1.47 bits per heavy atom. The zero-order chi connectivity index (χ0) is 11.1. The van der Waals surface area contributed by atoms with Crippen molar-refractivity contribution < 1.29 is 9.53 Å². The summed E-state index contributed by atoms with van der Waals surface area (Å²) in [5, 5.41) is 3.28. The van der Waals surface area contributed by atoms with E-state index < -0.39 is 0 Å². The van der Waals surface area contributed by atoms with Gasteiger partial charge in [-0.05, 0) is 32.4 Å². The first kappa shape index (κ1) is 12.7. The standard InChI is InChI=1S/C12H23NO2/c1-3-4-10(2)12(14)9-15-11-5-7-13-8-6-11/h10-11,13H,3-9H2,1-2H3. The van der Waals surface area contributed by atoms with Crippen LogP contribution in [0.2, 0.25) is 0 Å². The number of ether oxygens (including phenoxy) is 1. The minimum absolute atomic E-state index is 0.164. The summed E-state index contributed by atoms with van der Waals surface area (Å²) < 4.78 is 5.62. The molecule has 1 rings (SSSR count). The molecule has 3 nitrogen and oxygen atoms in total. The van der Waals surface area contributed by atoms with Crippen LogP contribution >= 0.6 is 0 Å². The van der Waals surface area contributed by atoms with Crippen LogP contribution in [-0.4, -0.2) is 31.6 Å². The Balaban J connectivity index is 2.14. The Morgan fingerprint density at radius 3 is 2.73 bits per heavy atom. The average Bonchev–Trinajstić information content (AvgIpc) is 2.27. The zero-order valence-electron chi connectivity index (χ0n) is 9.92. The summed E-state index contributed by atoms with van der Waals surface area (Å²) in [5.74, 6) is 0.423. The van der Waals surface area contributed by atoms with Gasteiger partial charge in [0.1, 0.15) is 6.61 Å². The van der Waals surface area contributed by atoms with Gasteiger partial charge in [-0.1, -0.05) is 20.3 Å². The van der Waals surface area contributed by atoms with Crippen LogP contribution in [0.1, 0.15) is 39.5 Å². The lowest BCUT2D eigenvalue weighted by atomic mass is 10.0. The quantitative estimate of drug-likeness (QED) is 0.730. The molecule has 1 heterocycles. The van der Waals surface area contributed by atoms with Gasteiger partial charge in [-0.25, -0.2) is 0 Å². The molecule has 0 radical (unpaired) electrons. The monoisotopic (exact) mass is 213 g/mol. The highest BCUT2D eigenvalue weighted by Crippen LogP contribution is 2.10. The maximum Gasteiger partial charge on any atom is 0.161 e. The van der Waals surface area contributed by atoms with E-state index in [9.17, 15) is 4.79 Å². The van der Waals surface area contributed by atoms with Gasteiger partial charge in [0.05, 0.1) is 6.10 Å². The van der Waals surface area contributed by atoms with Crippen molar-refractivity contribution >= 4 is 5.78 Å². The van der Waals surface area contributed by atoms with Crippen LogP contribution in [0.5, 0.6) is 0 Å². The third kappa shape index (κ3) is 4.76. The van der Waals surface area contributed by atoms with E-state index in [1.807, 2.05) is 6.92 Å². The minimum Gasteiger partial charge on any atom is -0.370 e. The highest BCUT2D eigenvalue weighted by Gasteiger charge is 2.17. The molecule has 0 bridgehead atoms. The number of carbonyl (C=O) groups excluding carboxylic acids is 1. The van der Waals surface area contributed by atoms with Crippen LogP contribution < -0.4 is 5.32 Å². The van der Waals surface area contributed by atoms with Crippen LogP contribution in [0, 0.1) is 5.92 Å². The summed E-state index contributed by atoms with van der Waals surface area (Å²) in [6.45, 7) is 6.45. The average molecular weight is 213 g/mol. The summed E-state index contributed by atoms with van der Waals surface area (Å²) in [7, 11) is 0. The predicted molar refractivity (Wildman–Crippen MR) is 60.9 cm³/mol. The van der Waals surface area contributed by atoms with Gasteiger partial charge >= 0.3 is 0 Å². The number of ketones is 1. The summed E-state index contributed by atoms with van der Waals surface area (Å²) in [5.41, 5.74) is 0. The molecule has 88 valence electrons. The van der Waals surface area contributed by atoms with Crippen LogP contribution in [0.3, 0.4) is 0 Å². The topological polar surface area (TPSA) is 38.3 Å². The van der Waals surface area contributed by atoms with Crippen LogP contribution in [0.25, 0.3) is 0 Å². The molecule has 1 unspecified atom stereocenters. The van der Waals surface area contributed by atoms with Gasteiger partial charge < -0.3 is 10.1 Å². The molecule has 0 aromatic heterocycles. The second-order valence-corrected chi connectivity index (χ2v) is 4.42. The van der Waals surface area contributed by atoms with E-state index in [-0.39, 0.29) is 11.7 Å². The molecule has 1 aliphatic rings. The Labute approximate surface area is 92.6 Å². The van der Waals surface area contributed by atoms with E-state index in [0.717, 1.165) is 38.8 Å². The second kappa shape index (κ2) is 6.96. The molecule has 1 fully saturated rings. The van der Waals surface area contributed by atoms with Crippen molar-refractivity contribution in [1.29, 1.82) is 0 Å². The normalized spacial score (nSPS) is 20.1. The molecule has 3 heteroatoms. The lowest BCUT2D eigenvalue weighted by Crippen LogP contribution is -2.34. The Hall–Kier alpha value is -0.410. The number of Topliss-reactive ketones (excluding diaryl/α,β-unsaturated/α-hetero) is 1. The van der Waals surface area contributed by atoms with Crippen molar-refractivity contribution in [2.45, 2.75) is 45.6 Å². The fourth-order valence-corrected chi connectivity index (χ4v) is 1.90. The van der Waals surface area contributed by atoms with Gasteiger partial charge in [0, 0.05) is 5.92 Å². The molecule has 1 N–H and O–H groups in total. The van der Waals surface area contributed by atoms with E-state index in [0.29, 0.717) is 12.7 Å². The van der Waals surface area contributed by atoms with Crippen LogP contribution in [0.15, 0.2) is 0 Å². The number of rotatable bonds is 6. The molecular formula is C12H23NO2. The molecule has 15 heavy (non-hydrogen) atoms. The van der Waals surface area contributed by atoms with E-state index in [2.05, 4.69) is 12.2 Å². The molecular weight excluding hydrogens is 190 g/mol. The third-order valence-electron chi connectivity index (χ3n) is 3.02. The van der Waals surface area contributed by atoms with Gasteiger partial charge in [-0.3, -0.25) is 4.79 Å². The number of hydrogen-bond acceptors (Lipinski definition) is 3. The highest BCUT2D eigenvalue weighted by molar-refractivity contribution is 5.81. The molecule has 0 spiro atoms. The predicted octanol–water partition coefficient (Wildman–Crippen LogP) is 1.76. The Kier molecular flexibility index (Phi) is 5.88. The second-order valence-electron chi connectivity index (χ2n) is 4.42. The van der Waals surface area contributed by atoms with E-state index in [1.54, 1.807) is 0 Å². The molecule has 0 saturated carbocycles. The Morgan fingerprint density at radius 2 is 2.13 bits per heavy atom. The first-order valence-corrected chi connectivity index (χ1v) is 6.09. The summed E-state index contributed by atoms with van der Waals surface area (Å²) >= 11 is 0. The highest BCUT2D eigenvalue weighted by atomic mass is 16.5. The summed E-state index contributed by atoms with van der Waals surface area (Å²) in [4.78, 5) is 11.6. The molecule has 0 amide bonds. The van der Waals surface area contributed by atoms with E-state index in [1.165, 1.54) is 0 Å². The molecule has 0 aliphatic carbocycles. The first-order valence-electron chi connectivity index (χ1n) is 6.09. The molecule has 0 aromatic rings.